The Morgan fingerprint density at radius 3 is 2.53 bits per heavy atom. The second-order valence-electron chi connectivity index (χ2n) is 3.58. The third-order valence-corrected chi connectivity index (χ3v) is 1.86. The lowest BCUT2D eigenvalue weighted by Gasteiger charge is -2.01. The Kier molecular flexibility index (Phi) is 5.49. The average molecular weight is 202 g/mol. The lowest BCUT2D eigenvalue weighted by Crippen LogP contribution is -2.01. The zero-order valence-corrected chi connectivity index (χ0v) is 9.39. The molecule has 0 aliphatic rings. The van der Waals surface area contributed by atoms with E-state index in [1.165, 1.54) is 5.56 Å². The van der Waals surface area contributed by atoms with Crippen LogP contribution in [0.5, 0.6) is 0 Å². The van der Waals surface area contributed by atoms with Gasteiger partial charge in [-0.3, -0.25) is 0 Å². The van der Waals surface area contributed by atoms with Gasteiger partial charge in [-0.25, -0.2) is 0 Å². The van der Waals surface area contributed by atoms with Crippen LogP contribution in [0.2, 0.25) is 0 Å². The standard InChI is InChI=1S/C14H18O/c1-13(2)15-12-8-4-7-11-14-9-5-3-6-10-14/h3-11,13H,12H2,1-2H3/b8-4+,11-7+. The van der Waals surface area contributed by atoms with Crippen molar-refractivity contribution in [2.75, 3.05) is 6.61 Å². The van der Waals surface area contributed by atoms with E-state index in [9.17, 15) is 0 Å². The van der Waals surface area contributed by atoms with Crippen LogP contribution in [0.25, 0.3) is 6.08 Å². The van der Waals surface area contributed by atoms with E-state index in [0.29, 0.717) is 12.7 Å². The highest BCUT2D eigenvalue weighted by Gasteiger charge is 1.86. The van der Waals surface area contributed by atoms with Gasteiger partial charge in [-0.2, -0.15) is 0 Å². The predicted octanol–water partition coefficient (Wildman–Crippen LogP) is 3.68. The molecule has 0 aliphatic heterocycles. The van der Waals surface area contributed by atoms with Gasteiger partial charge in [0.05, 0.1) is 12.7 Å². The molecule has 80 valence electrons. The third-order valence-electron chi connectivity index (χ3n) is 1.86. The molecule has 1 heteroatoms. The first kappa shape index (κ1) is 11.7. The molecule has 15 heavy (non-hydrogen) atoms. The third kappa shape index (κ3) is 5.87. The minimum Gasteiger partial charge on any atom is -0.375 e. The molecule has 0 aromatic heterocycles. The first-order valence-corrected chi connectivity index (χ1v) is 5.29. The lowest BCUT2D eigenvalue weighted by molar-refractivity contribution is 0.102. The summed E-state index contributed by atoms with van der Waals surface area (Å²) in [6.07, 6.45) is 8.42. The van der Waals surface area contributed by atoms with E-state index in [0.717, 1.165) is 0 Å². The summed E-state index contributed by atoms with van der Waals surface area (Å²) < 4.78 is 5.37. The highest BCUT2D eigenvalue weighted by atomic mass is 16.5. The summed E-state index contributed by atoms with van der Waals surface area (Å²) >= 11 is 0. The fourth-order valence-electron chi connectivity index (χ4n) is 1.11. The van der Waals surface area contributed by atoms with Crippen LogP contribution in [0.4, 0.5) is 0 Å². The van der Waals surface area contributed by atoms with Gasteiger partial charge in [0.1, 0.15) is 0 Å². The van der Waals surface area contributed by atoms with Crippen molar-refractivity contribution in [3.8, 4) is 0 Å². The molecule has 0 radical (unpaired) electrons. The van der Waals surface area contributed by atoms with Crippen molar-refractivity contribution in [2.45, 2.75) is 20.0 Å². The number of hydrogen-bond acceptors (Lipinski definition) is 1. The van der Waals surface area contributed by atoms with E-state index in [1.54, 1.807) is 0 Å². The highest BCUT2D eigenvalue weighted by molar-refractivity contribution is 5.50. The minimum atomic E-state index is 0.299. The van der Waals surface area contributed by atoms with E-state index < -0.39 is 0 Å². The molecule has 1 aromatic rings. The van der Waals surface area contributed by atoms with E-state index >= 15 is 0 Å². The first-order valence-electron chi connectivity index (χ1n) is 5.29. The van der Waals surface area contributed by atoms with Gasteiger partial charge >= 0.3 is 0 Å². The molecule has 0 heterocycles. The topological polar surface area (TPSA) is 9.23 Å². The molecule has 0 aliphatic carbocycles. The van der Waals surface area contributed by atoms with Gasteiger partial charge in [-0.15, -0.1) is 0 Å². The molecule has 0 amide bonds. The summed E-state index contributed by atoms with van der Waals surface area (Å²) in [6, 6.07) is 10.2. The highest BCUT2D eigenvalue weighted by Crippen LogP contribution is 2.00. The summed E-state index contributed by atoms with van der Waals surface area (Å²) in [7, 11) is 0. The van der Waals surface area contributed by atoms with Crippen LogP contribution in [0.1, 0.15) is 19.4 Å². The summed E-state index contributed by atoms with van der Waals surface area (Å²) in [4.78, 5) is 0. The van der Waals surface area contributed by atoms with Crippen molar-refractivity contribution >= 4 is 6.08 Å². The van der Waals surface area contributed by atoms with Crippen molar-refractivity contribution in [3.63, 3.8) is 0 Å². The van der Waals surface area contributed by atoms with Crippen LogP contribution in [-0.4, -0.2) is 12.7 Å². The Balaban J connectivity index is 2.28. The fraction of sp³-hybridized carbons (Fsp3) is 0.286. The molecule has 0 bridgehead atoms. The summed E-state index contributed by atoms with van der Waals surface area (Å²) in [6.45, 7) is 4.75. The minimum absolute atomic E-state index is 0.299. The average Bonchev–Trinajstić information content (AvgIpc) is 2.24. The van der Waals surface area contributed by atoms with Crippen LogP contribution in [0.15, 0.2) is 48.6 Å². The maximum atomic E-state index is 5.37. The Morgan fingerprint density at radius 2 is 1.87 bits per heavy atom. The van der Waals surface area contributed by atoms with Gasteiger partial charge in [0.2, 0.25) is 0 Å². The number of rotatable bonds is 5. The second-order valence-corrected chi connectivity index (χ2v) is 3.58. The molecule has 0 saturated heterocycles. The first-order chi connectivity index (χ1) is 7.29. The molecule has 0 atom stereocenters. The molecule has 0 unspecified atom stereocenters. The Labute approximate surface area is 92.1 Å². The van der Waals surface area contributed by atoms with Gasteiger partial charge < -0.3 is 4.74 Å². The number of hydrogen-bond donors (Lipinski definition) is 0. The van der Waals surface area contributed by atoms with Gasteiger partial charge in [0.25, 0.3) is 0 Å². The van der Waals surface area contributed by atoms with Crippen molar-refractivity contribution in [3.05, 3.63) is 54.1 Å². The van der Waals surface area contributed by atoms with Crippen molar-refractivity contribution < 1.29 is 4.74 Å². The molecular weight excluding hydrogens is 184 g/mol. The summed E-state index contributed by atoms with van der Waals surface area (Å²) in [5, 5.41) is 0. The number of ether oxygens (including phenoxy) is 1. The SMILES string of the molecule is CC(C)OC/C=C/C=C/c1ccccc1. The van der Waals surface area contributed by atoms with Crippen LogP contribution >= 0.6 is 0 Å². The van der Waals surface area contributed by atoms with Crippen molar-refractivity contribution in [2.24, 2.45) is 0 Å². The predicted molar refractivity (Wildman–Crippen MR) is 65.7 cm³/mol. The van der Waals surface area contributed by atoms with Crippen molar-refractivity contribution in [1.82, 2.24) is 0 Å². The molecule has 1 rings (SSSR count). The van der Waals surface area contributed by atoms with E-state index in [1.807, 2.05) is 50.3 Å². The van der Waals surface area contributed by atoms with Gasteiger partial charge in [0, 0.05) is 0 Å². The van der Waals surface area contributed by atoms with Gasteiger partial charge in [-0.1, -0.05) is 54.6 Å². The van der Waals surface area contributed by atoms with E-state index in [2.05, 4.69) is 18.2 Å². The maximum absolute atomic E-state index is 5.37. The van der Waals surface area contributed by atoms with Gasteiger partial charge in [0.15, 0.2) is 0 Å². The van der Waals surface area contributed by atoms with Crippen LogP contribution in [0, 0.1) is 0 Å². The van der Waals surface area contributed by atoms with E-state index in [-0.39, 0.29) is 0 Å². The monoisotopic (exact) mass is 202 g/mol. The summed E-state index contributed by atoms with van der Waals surface area (Å²) in [5.74, 6) is 0. The Bertz CT molecular complexity index is 309. The Hall–Kier alpha value is -1.34. The lowest BCUT2D eigenvalue weighted by atomic mass is 10.2. The molecule has 0 spiro atoms. The van der Waals surface area contributed by atoms with Crippen LogP contribution in [-0.2, 0) is 4.74 Å². The van der Waals surface area contributed by atoms with Gasteiger partial charge in [-0.05, 0) is 19.4 Å². The normalized spacial score (nSPS) is 11.9. The second kappa shape index (κ2) is 7.02. The van der Waals surface area contributed by atoms with Crippen LogP contribution < -0.4 is 0 Å². The maximum Gasteiger partial charge on any atom is 0.0653 e. The molecule has 1 nitrogen and oxygen atoms in total. The number of allylic oxidation sites excluding steroid dienone is 2. The zero-order valence-electron chi connectivity index (χ0n) is 9.39. The number of benzene rings is 1. The quantitative estimate of drug-likeness (QED) is 0.662. The van der Waals surface area contributed by atoms with E-state index in [4.69, 9.17) is 4.74 Å². The summed E-state index contributed by atoms with van der Waals surface area (Å²) in [5.41, 5.74) is 1.21. The molecule has 0 fully saturated rings. The van der Waals surface area contributed by atoms with Crippen LogP contribution in [0.3, 0.4) is 0 Å². The molecular formula is C14H18O. The smallest absolute Gasteiger partial charge is 0.0653 e. The Morgan fingerprint density at radius 1 is 1.13 bits per heavy atom. The molecule has 1 aromatic carbocycles. The fourth-order valence-corrected chi connectivity index (χ4v) is 1.11. The van der Waals surface area contributed by atoms with Crippen molar-refractivity contribution in [1.29, 1.82) is 0 Å². The molecule has 0 N–H and O–H groups in total. The zero-order chi connectivity index (χ0) is 10.9. The molecule has 0 saturated carbocycles. The largest absolute Gasteiger partial charge is 0.375 e.